The molecule has 0 aliphatic rings. The SMILES string of the molecule is O=C(CBr)c1cc2cc(Br)ccc2c2cc(Br)ccc12. The Morgan fingerprint density at radius 3 is 2.20 bits per heavy atom. The molecule has 100 valence electrons. The van der Waals surface area contributed by atoms with Crippen LogP contribution in [0.15, 0.2) is 51.4 Å². The normalized spacial score (nSPS) is 11.2. The third kappa shape index (κ3) is 2.45. The second-order valence-electron chi connectivity index (χ2n) is 4.54. The first kappa shape index (κ1) is 14.2. The molecule has 0 saturated carbocycles. The number of hydrogen-bond acceptors (Lipinski definition) is 1. The molecule has 0 aliphatic carbocycles. The Bertz CT molecular complexity index is 840. The first-order chi connectivity index (χ1) is 9.60. The van der Waals surface area contributed by atoms with Crippen molar-refractivity contribution >= 4 is 75.1 Å². The number of hydrogen-bond donors (Lipinski definition) is 0. The van der Waals surface area contributed by atoms with Gasteiger partial charge in [-0.1, -0.05) is 59.9 Å². The Balaban J connectivity index is 2.51. The summed E-state index contributed by atoms with van der Waals surface area (Å²) in [7, 11) is 0. The Hall–Kier alpha value is -0.710. The van der Waals surface area contributed by atoms with Gasteiger partial charge in [-0.05, 0) is 51.9 Å². The largest absolute Gasteiger partial charge is 0.293 e. The minimum atomic E-state index is 0.0965. The van der Waals surface area contributed by atoms with Gasteiger partial charge in [0.25, 0.3) is 0 Å². The van der Waals surface area contributed by atoms with Gasteiger partial charge in [0.15, 0.2) is 5.78 Å². The minimum Gasteiger partial charge on any atom is -0.293 e. The van der Waals surface area contributed by atoms with Crippen molar-refractivity contribution < 1.29 is 4.79 Å². The molecule has 0 radical (unpaired) electrons. The van der Waals surface area contributed by atoms with E-state index < -0.39 is 0 Å². The Kier molecular flexibility index (Phi) is 3.98. The molecule has 0 atom stereocenters. The van der Waals surface area contributed by atoms with Crippen LogP contribution in [0, 0.1) is 0 Å². The van der Waals surface area contributed by atoms with Gasteiger partial charge in [-0.2, -0.15) is 0 Å². The molecule has 4 heteroatoms. The molecular weight excluding hydrogens is 448 g/mol. The fourth-order valence-electron chi connectivity index (χ4n) is 2.41. The summed E-state index contributed by atoms with van der Waals surface area (Å²) in [5.74, 6) is 0.0965. The number of alkyl halides is 1. The van der Waals surface area contributed by atoms with Gasteiger partial charge in [-0.15, -0.1) is 0 Å². The van der Waals surface area contributed by atoms with Crippen LogP contribution in [0.4, 0.5) is 0 Å². The van der Waals surface area contributed by atoms with E-state index in [4.69, 9.17) is 0 Å². The molecule has 3 aromatic carbocycles. The van der Waals surface area contributed by atoms with Gasteiger partial charge in [-0.25, -0.2) is 0 Å². The number of halogens is 3. The average molecular weight is 457 g/mol. The molecule has 0 unspecified atom stereocenters. The fourth-order valence-corrected chi connectivity index (χ4v) is 3.45. The fraction of sp³-hybridized carbons (Fsp3) is 0.0625. The third-order valence-corrected chi connectivity index (χ3v) is 4.79. The molecule has 0 amide bonds. The topological polar surface area (TPSA) is 17.1 Å². The highest BCUT2D eigenvalue weighted by Crippen LogP contribution is 2.32. The number of carbonyl (C=O) groups excluding carboxylic acids is 1. The number of benzene rings is 3. The van der Waals surface area contributed by atoms with Crippen LogP contribution in [-0.4, -0.2) is 11.1 Å². The first-order valence-electron chi connectivity index (χ1n) is 6.01. The number of rotatable bonds is 2. The predicted molar refractivity (Wildman–Crippen MR) is 95.0 cm³/mol. The van der Waals surface area contributed by atoms with Crippen molar-refractivity contribution in [2.24, 2.45) is 0 Å². The smallest absolute Gasteiger partial charge is 0.174 e. The first-order valence-corrected chi connectivity index (χ1v) is 8.71. The van der Waals surface area contributed by atoms with Crippen molar-refractivity contribution in [2.75, 3.05) is 5.33 Å². The third-order valence-electron chi connectivity index (χ3n) is 3.30. The second-order valence-corrected chi connectivity index (χ2v) is 6.93. The summed E-state index contributed by atoms with van der Waals surface area (Å²) in [4.78, 5) is 12.2. The number of carbonyl (C=O) groups is 1. The van der Waals surface area contributed by atoms with Gasteiger partial charge in [-0.3, -0.25) is 4.79 Å². The van der Waals surface area contributed by atoms with Gasteiger partial charge in [0.1, 0.15) is 0 Å². The zero-order valence-electron chi connectivity index (χ0n) is 10.3. The molecule has 0 aliphatic heterocycles. The van der Waals surface area contributed by atoms with Crippen molar-refractivity contribution in [3.05, 3.63) is 57.0 Å². The zero-order chi connectivity index (χ0) is 14.3. The summed E-state index contributed by atoms with van der Waals surface area (Å²) in [5.41, 5.74) is 0.759. The maximum Gasteiger partial charge on any atom is 0.174 e. The van der Waals surface area contributed by atoms with Crippen LogP contribution in [0.3, 0.4) is 0 Å². The molecule has 0 bridgehead atoms. The Morgan fingerprint density at radius 1 is 0.850 bits per heavy atom. The van der Waals surface area contributed by atoms with Gasteiger partial charge in [0.05, 0.1) is 5.33 Å². The highest BCUT2D eigenvalue weighted by Gasteiger charge is 2.12. The van der Waals surface area contributed by atoms with E-state index >= 15 is 0 Å². The molecule has 0 heterocycles. The molecule has 20 heavy (non-hydrogen) atoms. The lowest BCUT2D eigenvalue weighted by atomic mass is 9.96. The van der Waals surface area contributed by atoms with E-state index in [1.54, 1.807) is 0 Å². The second kappa shape index (κ2) is 5.58. The van der Waals surface area contributed by atoms with Crippen molar-refractivity contribution in [3.63, 3.8) is 0 Å². The number of Topliss-reactive ketones (excluding diaryl/α,β-unsaturated/α-hetero) is 1. The quantitative estimate of drug-likeness (QED) is 0.259. The minimum absolute atomic E-state index is 0.0965. The molecule has 0 spiro atoms. The van der Waals surface area contributed by atoms with Crippen LogP contribution in [0.2, 0.25) is 0 Å². The lowest BCUT2D eigenvalue weighted by molar-refractivity contribution is 0.102. The highest BCUT2D eigenvalue weighted by atomic mass is 79.9. The van der Waals surface area contributed by atoms with E-state index in [1.165, 1.54) is 0 Å². The number of fused-ring (bicyclic) bond motifs is 3. The maximum atomic E-state index is 12.2. The van der Waals surface area contributed by atoms with Crippen molar-refractivity contribution in [1.29, 1.82) is 0 Å². The van der Waals surface area contributed by atoms with Crippen LogP contribution in [0.5, 0.6) is 0 Å². The average Bonchev–Trinajstić information content (AvgIpc) is 2.45. The van der Waals surface area contributed by atoms with Gasteiger partial charge >= 0.3 is 0 Å². The van der Waals surface area contributed by atoms with Crippen LogP contribution in [0.1, 0.15) is 10.4 Å². The Morgan fingerprint density at radius 2 is 1.50 bits per heavy atom. The maximum absolute atomic E-state index is 12.2. The van der Waals surface area contributed by atoms with Crippen LogP contribution >= 0.6 is 47.8 Å². The van der Waals surface area contributed by atoms with Crippen molar-refractivity contribution in [1.82, 2.24) is 0 Å². The molecule has 0 fully saturated rings. The van der Waals surface area contributed by atoms with Crippen LogP contribution in [0.25, 0.3) is 21.5 Å². The summed E-state index contributed by atoms with van der Waals surface area (Å²) >= 11 is 10.3. The summed E-state index contributed by atoms with van der Waals surface area (Å²) in [6.07, 6.45) is 0. The molecule has 1 nitrogen and oxygen atoms in total. The molecule has 0 saturated heterocycles. The van der Waals surface area contributed by atoms with E-state index in [1.807, 2.05) is 30.3 Å². The van der Waals surface area contributed by atoms with Crippen molar-refractivity contribution in [3.8, 4) is 0 Å². The molecule has 0 N–H and O–H groups in total. The highest BCUT2D eigenvalue weighted by molar-refractivity contribution is 9.10. The monoisotopic (exact) mass is 454 g/mol. The Labute approximate surface area is 141 Å². The zero-order valence-corrected chi connectivity index (χ0v) is 15.0. The lowest BCUT2D eigenvalue weighted by Crippen LogP contribution is -2.01. The standard InChI is InChI=1S/C16H9Br3O/c17-8-16(20)15-6-9-5-10(18)1-3-12(9)14-7-11(19)2-4-13(14)15/h1-7H,8H2. The molecule has 3 aromatic rings. The molecule has 3 rings (SSSR count). The summed E-state index contributed by atoms with van der Waals surface area (Å²) in [6.45, 7) is 0. The van der Waals surface area contributed by atoms with Gasteiger partial charge in [0.2, 0.25) is 0 Å². The summed E-state index contributed by atoms with van der Waals surface area (Å²) < 4.78 is 2.02. The van der Waals surface area contributed by atoms with E-state index in [2.05, 4.69) is 59.9 Å². The van der Waals surface area contributed by atoms with Gasteiger partial charge in [0, 0.05) is 14.5 Å². The number of ketones is 1. The predicted octanol–water partition coefficient (Wildman–Crippen LogP) is 6.10. The van der Waals surface area contributed by atoms with Crippen molar-refractivity contribution in [2.45, 2.75) is 0 Å². The molecule has 0 aromatic heterocycles. The lowest BCUT2D eigenvalue weighted by Gasteiger charge is -2.10. The van der Waals surface area contributed by atoms with E-state index in [-0.39, 0.29) is 5.78 Å². The van der Waals surface area contributed by atoms with E-state index in [0.717, 1.165) is 36.1 Å². The van der Waals surface area contributed by atoms with Crippen LogP contribution < -0.4 is 0 Å². The summed E-state index contributed by atoms with van der Waals surface area (Å²) in [5, 5.41) is 4.63. The van der Waals surface area contributed by atoms with E-state index in [9.17, 15) is 4.79 Å². The summed E-state index contributed by atoms with van der Waals surface area (Å²) in [6, 6.07) is 14.2. The van der Waals surface area contributed by atoms with Gasteiger partial charge < -0.3 is 0 Å². The molecular formula is C16H9Br3O. The van der Waals surface area contributed by atoms with Crippen LogP contribution in [-0.2, 0) is 0 Å². The van der Waals surface area contributed by atoms with E-state index in [0.29, 0.717) is 5.33 Å².